The van der Waals surface area contributed by atoms with Crippen molar-refractivity contribution in [3.05, 3.63) is 78.8 Å². The zero-order valence-corrected chi connectivity index (χ0v) is 14.9. The van der Waals surface area contributed by atoms with E-state index in [1.54, 1.807) is 23.0 Å². The second kappa shape index (κ2) is 6.79. The van der Waals surface area contributed by atoms with Gasteiger partial charge in [-0.05, 0) is 36.4 Å². The Labute approximate surface area is 160 Å². The molecule has 5 aromatic rings. The first-order chi connectivity index (χ1) is 13.8. The molecule has 0 saturated heterocycles. The Morgan fingerprint density at radius 2 is 1.93 bits per heavy atom. The molecule has 5 rings (SSSR count). The molecule has 1 aromatic carbocycles. The number of para-hydroxylation sites is 1. The molecule has 28 heavy (non-hydrogen) atoms. The lowest BCUT2D eigenvalue weighted by Gasteiger charge is -2.11. The van der Waals surface area contributed by atoms with Crippen LogP contribution in [-0.2, 0) is 0 Å². The van der Waals surface area contributed by atoms with E-state index in [-0.39, 0.29) is 0 Å². The summed E-state index contributed by atoms with van der Waals surface area (Å²) in [5.41, 5.74) is 2.91. The summed E-state index contributed by atoms with van der Waals surface area (Å²) in [6.07, 6.45) is 2.68. The molecule has 2 N–H and O–H groups in total. The predicted octanol–water partition coefficient (Wildman–Crippen LogP) is 3.68. The third-order valence-corrected chi connectivity index (χ3v) is 4.55. The van der Waals surface area contributed by atoms with Crippen LogP contribution in [0.25, 0.3) is 28.1 Å². The first kappa shape index (κ1) is 16.5. The Hall–Kier alpha value is -3.71. The Bertz CT molecular complexity index is 1210. The molecule has 7 nitrogen and oxygen atoms in total. The van der Waals surface area contributed by atoms with Gasteiger partial charge in [0.05, 0.1) is 11.9 Å². The number of hydrogen-bond donors (Lipinski definition) is 2. The number of aliphatic hydroxyl groups is 1. The number of anilines is 1. The number of imidazole rings is 1. The summed E-state index contributed by atoms with van der Waals surface area (Å²) < 4.78 is 7.68. The molecular weight excluding hydrogens is 354 g/mol. The van der Waals surface area contributed by atoms with Gasteiger partial charge in [0.15, 0.2) is 11.4 Å². The Kier molecular flexibility index (Phi) is 3.99. The van der Waals surface area contributed by atoms with Crippen LogP contribution in [0.5, 0.6) is 0 Å². The number of furan rings is 1. The number of benzene rings is 1. The highest BCUT2D eigenvalue weighted by atomic mass is 16.3. The maximum atomic E-state index is 10.3. The van der Waals surface area contributed by atoms with Gasteiger partial charge >= 0.3 is 0 Å². The third kappa shape index (κ3) is 2.97. The minimum atomic E-state index is -0.726. The highest BCUT2D eigenvalue weighted by Gasteiger charge is 2.13. The molecule has 0 saturated carbocycles. The Morgan fingerprint density at radius 3 is 2.79 bits per heavy atom. The fraction of sp³-hybridized carbons (Fsp3) is 0.0952. The number of nitrogens with zero attached hydrogens (tertiary/aromatic N) is 4. The van der Waals surface area contributed by atoms with Crippen LogP contribution in [0.1, 0.15) is 11.8 Å². The van der Waals surface area contributed by atoms with E-state index in [1.165, 1.54) is 0 Å². The largest absolute Gasteiger partial charge is 0.454 e. The molecule has 0 radical (unpaired) electrons. The summed E-state index contributed by atoms with van der Waals surface area (Å²) >= 11 is 0. The van der Waals surface area contributed by atoms with E-state index in [0.717, 1.165) is 16.7 Å². The second-order valence-electron chi connectivity index (χ2n) is 6.43. The van der Waals surface area contributed by atoms with Gasteiger partial charge in [0, 0.05) is 18.1 Å². The van der Waals surface area contributed by atoms with E-state index in [9.17, 15) is 5.11 Å². The summed E-state index contributed by atoms with van der Waals surface area (Å²) in [5, 5.41) is 19.1. The smallest absolute Gasteiger partial charge is 0.155 e. The standard InChI is InChI=1S/C21H17N5O2/c27-17(15-6-3-4-10-22-15)13-23-20-8-9-21-24-12-16(26(21)25-20)19-11-14-5-1-2-7-18(14)28-19/h1-12,17,27H,13H2,(H,23,25). The number of fused-ring (bicyclic) bond motifs is 2. The summed E-state index contributed by atoms with van der Waals surface area (Å²) in [6, 6.07) is 19.0. The maximum Gasteiger partial charge on any atom is 0.155 e. The quantitative estimate of drug-likeness (QED) is 0.490. The molecule has 0 bridgehead atoms. The van der Waals surface area contributed by atoms with E-state index >= 15 is 0 Å². The Morgan fingerprint density at radius 1 is 1.04 bits per heavy atom. The zero-order valence-electron chi connectivity index (χ0n) is 14.9. The second-order valence-corrected chi connectivity index (χ2v) is 6.43. The van der Waals surface area contributed by atoms with Crippen LogP contribution in [0, 0.1) is 0 Å². The van der Waals surface area contributed by atoms with Crippen molar-refractivity contribution in [3.63, 3.8) is 0 Å². The molecular formula is C21H17N5O2. The lowest BCUT2D eigenvalue weighted by Crippen LogP contribution is -2.14. The molecule has 4 aromatic heterocycles. The molecule has 0 fully saturated rings. The minimum absolute atomic E-state index is 0.296. The average Bonchev–Trinajstić information content (AvgIpc) is 3.36. The van der Waals surface area contributed by atoms with Crippen molar-refractivity contribution < 1.29 is 9.52 Å². The first-order valence-corrected chi connectivity index (χ1v) is 8.94. The fourth-order valence-electron chi connectivity index (χ4n) is 3.12. The molecule has 1 atom stereocenters. The molecule has 138 valence electrons. The zero-order chi connectivity index (χ0) is 18.9. The summed E-state index contributed by atoms with van der Waals surface area (Å²) in [6.45, 7) is 0.296. The lowest BCUT2D eigenvalue weighted by molar-refractivity contribution is 0.186. The molecule has 0 amide bonds. The molecule has 1 unspecified atom stereocenters. The number of aromatic nitrogens is 4. The summed E-state index contributed by atoms with van der Waals surface area (Å²) in [5.74, 6) is 1.32. The van der Waals surface area contributed by atoms with Gasteiger partial charge in [-0.15, -0.1) is 5.10 Å². The minimum Gasteiger partial charge on any atom is -0.454 e. The van der Waals surface area contributed by atoms with E-state index in [4.69, 9.17) is 4.42 Å². The number of pyridine rings is 1. The van der Waals surface area contributed by atoms with E-state index in [2.05, 4.69) is 20.4 Å². The van der Waals surface area contributed by atoms with Gasteiger partial charge < -0.3 is 14.8 Å². The van der Waals surface area contributed by atoms with Gasteiger partial charge in [-0.25, -0.2) is 9.50 Å². The SMILES string of the molecule is OC(CNc1ccc2ncc(-c3cc4ccccc4o3)n2n1)c1ccccn1. The van der Waals surface area contributed by atoms with Crippen LogP contribution in [0.2, 0.25) is 0 Å². The van der Waals surface area contributed by atoms with Gasteiger partial charge in [0.2, 0.25) is 0 Å². The summed E-state index contributed by atoms with van der Waals surface area (Å²) in [7, 11) is 0. The first-order valence-electron chi connectivity index (χ1n) is 8.94. The van der Waals surface area contributed by atoms with Gasteiger partial charge in [0.1, 0.15) is 23.2 Å². The Balaban J connectivity index is 1.43. The van der Waals surface area contributed by atoms with Crippen molar-refractivity contribution in [1.29, 1.82) is 0 Å². The van der Waals surface area contributed by atoms with Gasteiger partial charge in [-0.2, -0.15) is 0 Å². The van der Waals surface area contributed by atoms with Crippen LogP contribution < -0.4 is 5.32 Å². The van der Waals surface area contributed by atoms with Crippen LogP contribution in [0.15, 0.2) is 77.5 Å². The molecule has 4 heterocycles. The van der Waals surface area contributed by atoms with Crippen molar-refractivity contribution in [2.75, 3.05) is 11.9 Å². The van der Waals surface area contributed by atoms with Crippen molar-refractivity contribution in [1.82, 2.24) is 19.6 Å². The topological polar surface area (TPSA) is 88.5 Å². The van der Waals surface area contributed by atoms with Gasteiger partial charge in [-0.3, -0.25) is 4.98 Å². The fourth-order valence-corrected chi connectivity index (χ4v) is 3.12. The van der Waals surface area contributed by atoms with Crippen LogP contribution in [-0.4, -0.2) is 31.2 Å². The van der Waals surface area contributed by atoms with E-state index in [1.807, 2.05) is 54.6 Å². The highest BCUT2D eigenvalue weighted by molar-refractivity contribution is 5.82. The maximum absolute atomic E-state index is 10.3. The van der Waals surface area contributed by atoms with E-state index in [0.29, 0.717) is 29.5 Å². The van der Waals surface area contributed by atoms with Crippen molar-refractivity contribution in [3.8, 4) is 11.5 Å². The molecule has 0 spiro atoms. The normalized spacial score (nSPS) is 12.5. The van der Waals surface area contributed by atoms with Gasteiger partial charge in [-0.1, -0.05) is 24.3 Å². The van der Waals surface area contributed by atoms with Crippen LogP contribution in [0.3, 0.4) is 0 Å². The number of aliphatic hydroxyl groups excluding tert-OH is 1. The van der Waals surface area contributed by atoms with Crippen molar-refractivity contribution >= 4 is 22.4 Å². The monoisotopic (exact) mass is 371 g/mol. The lowest BCUT2D eigenvalue weighted by atomic mass is 10.2. The molecule has 0 aliphatic heterocycles. The number of rotatable bonds is 5. The summed E-state index contributed by atoms with van der Waals surface area (Å²) in [4.78, 5) is 8.57. The van der Waals surface area contributed by atoms with Crippen molar-refractivity contribution in [2.24, 2.45) is 0 Å². The highest BCUT2D eigenvalue weighted by Crippen LogP contribution is 2.28. The van der Waals surface area contributed by atoms with Crippen LogP contribution >= 0.6 is 0 Å². The third-order valence-electron chi connectivity index (χ3n) is 4.55. The van der Waals surface area contributed by atoms with Gasteiger partial charge in [0.25, 0.3) is 0 Å². The molecule has 0 aliphatic rings. The number of nitrogens with one attached hydrogen (secondary N) is 1. The number of hydrogen-bond acceptors (Lipinski definition) is 6. The van der Waals surface area contributed by atoms with Crippen LogP contribution in [0.4, 0.5) is 5.82 Å². The average molecular weight is 371 g/mol. The molecule has 0 aliphatic carbocycles. The van der Waals surface area contributed by atoms with Crippen molar-refractivity contribution in [2.45, 2.75) is 6.10 Å². The molecule has 7 heteroatoms. The van der Waals surface area contributed by atoms with E-state index < -0.39 is 6.10 Å². The predicted molar refractivity (Wildman–Crippen MR) is 106 cm³/mol.